The van der Waals surface area contributed by atoms with E-state index in [9.17, 15) is 18.4 Å². The van der Waals surface area contributed by atoms with Crippen molar-refractivity contribution >= 4 is 30.0 Å². The second kappa shape index (κ2) is 16.0. The number of halogens is 2. The number of aliphatic carboxylic acids is 1. The van der Waals surface area contributed by atoms with E-state index in [4.69, 9.17) is 14.6 Å². The van der Waals surface area contributed by atoms with E-state index in [0.717, 1.165) is 11.1 Å². The van der Waals surface area contributed by atoms with Crippen molar-refractivity contribution in [3.8, 4) is 22.8 Å². The Bertz CT molecular complexity index is 1430. The summed E-state index contributed by atoms with van der Waals surface area (Å²) in [5.74, 6) is -1.06. The number of carbonyl (C=O) groups is 3. The molecule has 0 aliphatic rings. The van der Waals surface area contributed by atoms with Gasteiger partial charge in [-0.2, -0.15) is 0 Å². The van der Waals surface area contributed by atoms with Crippen LogP contribution in [0.1, 0.15) is 22.5 Å². The van der Waals surface area contributed by atoms with E-state index < -0.39 is 17.6 Å². The number of anilines is 2. The number of carboxylic acid groups (broad SMARTS) is 1. The molecule has 0 aliphatic heterocycles. The minimum Gasteiger partial charge on any atom is -0.481 e. The molecule has 2 aromatic heterocycles. The minimum absolute atomic E-state index is 0.135. The van der Waals surface area contributed by atoms with E-state index in [2.05, 4.69) is 26.3 Å². The van der Waals surface area contributed by atoms with Gasteiger partial charge in [0.25, 0.3) is 0 Å². The fourth-order valence-electron chi connectivity index (χ4n) is 3.17. The van der Waals surface area contributed by atoms with Crippen LogP contribution in [0.3, 0.4) is 0 Å². The summed E-state index contributed by atoms with van der Waals surface area (Å²) in [6.07, 6.45) is 4.40. The van der Waals surface area contributed by atoms with Crippen molar-refractivity contribution < 1.29 is 33.0 Å². The fourth-order valence-corrected chi connectivity index (χ4v) is 3.17. The quantitative estimate of drug-likeness (QED) is 0.185. The number of nitrogens with two attached hydrogens (primary N) is 1. The lowest BCUT2D eigenvalue weighted by atomic mass is 10.2. The molecule has 1 amide bonds. The molecule has 210 valence electrons. The molecule has 0 saturated heterocycles. The number of aldehydes is 1. The monoisotopic (exact) mass is 553 g/mol. The molecule has 0 atom stereocenters. The number of H-pyrrole nitrogens is 1. The van der Waals surface area contributed by atoms with Crippen LogP contribution in [0.4, 0.5) is 20.2 Å². The van der Waals surface area contributed by atoms with Gasteiger partial charge in [0, 0.05) is 36.6 Å². The predicted molar refractivity (Wildman–Crippen MR) is 147 cm³/mol. The van der Waals surface area contributed by atoms with Crippen LogP contribution in [0.2, 0.25) is 0 Å². The van der Waals surface area contributed by atoms with Gasteiger partial charge < -0.3 is 31.2 Å². The molecular weight excluding hydrogens is 524 g/mol. The van der Waals surface area contributed by atoms with E-state index in [1.54, 1.807) is 55.8 Å². The van der Waals surface area contributed by atoms with Gasteiger partial charge in [-0.3, -0.25) is 19.4 Å². The summed E-state index contributed by atoms with van der Waals surface area (Å²) < 4.78 is 34.2. The van der Waals surface area contributed by atoms with Crippen molar-refractivity contribution in [1.29, 1.82) is 0 Å². The highest BCUT2D eigenvalue weighted by Gasteiger charge is 2.10. The lowest BCUT2D eigenvalue weighted by Gasteiger charge is -2.12. The third-order valence-corrected chi connectivity index (χ3v) is 5.02. The normalized spacial score (nSPS) is 9.80. The van der Waals surface area contributed by atoms with E-state index in [-0.39, 0.29) is 30.0 Å². The molecule has 0 spiro atoms. The number of benzene rings is 2. The maximum atomic E-state index is 14.5. The Labute approximate surface area is 229 Å². The molecule has 0 saturated carbocycles. The van der Waals surface area contributed by atoms with Crippen LogP contribution in [0, 0.1) is 18.6 Å². The second-order valence-electron chi connectivity index (χ2n) is 8.07. The molecule has 6 N–H and O–H groups in total. The van der Waals surface area contributed by atoms with Gasteiger partial charge in [-0.25, -0.2) is 8.78 Å². The van der Waals surface area contributed by atoms with Gasteiger partial charge in [0.2, 0.25) is 6.41 Å². The number of nitrogens with zero attached hydrogens (tertiary/aromatic N) is 1. The number of carbonyl (C=O) groups excluding carboxylic acids is 2. The molecule has 0 bridgehead atoms. The van der Waals surface area contributed by atoms with Crippen molar-refractivity contribution in [3.63, 3.8) is 0 Å². The fraction of sp³-hybridized carbons (Fsp3) is 0.143. The number of nitrogens with one attached hydrogen (secondary N) is 3. The average molecular weight is 554 g/mol. The minimum atomic E-state index is -0.755. The Balaban J connectivity index is 0.000000483. The molecule has 0 aliphatic carbocycles. The Morgan fingerprint density at radius 1 is 1.05 bits per heavy atom. The Morgan fingerprint density at radius 3 is 2.38 bits per heavy atom. The Kier molecular flexibility index (Phi) is 12.4. The van der Waals surface area contributed by atoms with E-state index in [1.807, 2.05) is 6.92 Å². The topological polar surface area (TPSA) is 159 Å². The summed E-state index contributed by atoms with van der Waals surface area (Å²) in [7, 11) is 1.73. The van der Waals surface area contributed by atoms with Gasteiger partial charge in [0.15, 0.2) is 6.29 Å². The summed E-state index contributed by atoms with van der Waals surface area (Å²) in [6, 6.07) is 13.9. The van der Waals surface area contributed by atoms with Crippen LogP contribution in [0.25, 0.3) is 11.3 Å². The van der Waals surface area contributed by atoms with E-state index >= 15 is 0 Å². The third-order valence-electron chi connectivity index (χ3n) is 5.02. The number of ether oxygens (including phenoxy) is 1. The van der Waals surface area contributed by atoms with Crippen molar-refractivity contribution in [2.75, 3.05) is 18.9 Å². The molecule has 0 radical (unpaired) electrons. The number of aromatic amines is 1. The van der Waals surface area contributed by atoms with Crippen molar-refractivity contribution in [2.45, 2.75) is 13.3 Å². The van der Waals surface area contributed by atoms with Crippen LogP contribution >= 0.6 is 0 Å². The van der Waals surface area contributed by atoms with Crippen molar-refractivity contribution in [3.05, 3.63) is 89.9 Å². The maximum Gasteiger partial charge on any atom is 0.304 e. The highest BCUT2D eigenvalue weighted by Crippen LogP contribution is 2.30. The SMILES string of the molecule is CNCCC(=O)O.Cc1ccc(F)c(Nc2ccc(Oc3ccnc(-c4c[nH]c(C=O)c4)c3)cc2F)c1.NC=O. The summed E-state index contributed by atoms with van der Waals surface area (Å²) in [5.41, 5.74) is 7.13. The first-order valence-corrected chi connectivity index (χ1v) is 11.8. The van der Waals surface area contributed by atoms with Crippen LogP contribution < -0.4 is 21.1 Å². The molecule has 2 heterocycles. The van der Waals surface area contributed by atoms with Gasteiger partial charge in [-0.15, -0.1) is 0 Å². The summed E-state index contributed by atoms with van der Waals surface area (Å²) in [5, 5.41) is 13.5. The number of pyridine rings is 1. The van der Waals surface area contributed by atoms with E-state index in [0.29, 0.717) is 30.0 Å². The molecule has 40 heavy (non-hydrogen) atoms. The lowest BCUT2D eigenvalue weighted by Crippen LogP contribution is -2.11. The first-order chi connectivity index (χ1) is 19.2. The number of aromatic nitrogens is 2. The maximum absolute atomic E-state index is 14.5. The summed E-state index contributed by atoms with van der Waals surface area (Å²) in [4.78, 5) is 36.2. The zero-order valence-electron chi connectivity index (χ0n) is 21.8. The van der Waals surface area contributed by atoms with Gasteiger partial charge in [-0.1, -0.05) is 6.07 Å². The summed E-state index contributed by atoms with van der Waals surface area (Å²) in [6.45, 7) is 2.38. The van der Waals surface area contributed by atoms with Gasteiger partial charge in [-0.05, 0) is 55.9 Å². The van der Waals surface area contributed by atoms with Gasteiger partial charge >= 0.3 is 5.97 Å². The first kappa shape index (κ1) is 31.1. The molecule has 0 unspecified atom stereocenters. The van der Waals surface area contributed by atoms with Crippen LogP contribution in [-0.2, 0) is 9.59 Å². The molecule has 10 nitrogen and oxygen atoms in total. The smallest absolute Gasteiger partial charge is 0.304 e. The zero-order valence-corrected chi connectivity index (χ0v) is 21.8. The highest BCUT2D eigenvalue weighted by atomic mass is 19.1. The molecular formula is C28H29F2N5O5. The highest BCUT2D eigenvalue weighted by molar-refractivity contribution is 5.76. The largest absolute Gasteiger partial charge is 0.481 e. The molecule has 12 heteroatoms. The number of rotatable bonds is 9. The van der Waals surface area contributed by atoms with Crippen LogP contribution in [0.15, 0.2) is 67.0 Å². The number of amides is 1. The van der Waals surface area contributed by atoms with Gasteiger partial charge in [0.1, 0.15) is 23.1 Å². The van der Waals surface area contributed by atoms with E-state index in [1.165, 1.54) is 18.2 Å². The number of hydrogen-bond acceptors (Lipinski definition) is 7. The molecule has 4 aromatic rings. The Morgan fingerprint density at radius 2 is 1.77 bits per heavy atom. The third kappa shape index (κ3) is 9.99. The Hall–Kier alpha value is -5.10. The van der Waals surface area contributed by atoms with Crippen molar-refractivity contribution in [2.24, 2.45) is 5.73 Å². The number of aryl methyl sites for hydroxylation is 1. The second-order valence-corrected chi connectivity index (χ2v) is 8.07. The standard InChI is InChI=1S/C23H17F2N3O2.C4H9NO2.CH3NO/c1-14-2-4-19(24)23(8-14)28-21-5-3-17(10-20(21)25)30-18-6-7-26-22(11-18)15-9-16(13-29)27-12-15;1-5-3-2-4(6)7;2-1-3/h2-13,27-28H,1H3;5H,2-3H2,1H3,(H,6,7);1H,(H2,2,3). The summed E-state index contributed by atoms with van der Waals surface area (Å²) >= 11 is 0. The van der Waals surface area contributed by atoms with Crippen molar-refractivity contribution in [1.82, 2.24) is 15.3 Å². The average Bonchev–Trinajstić information content (AvgIpc) is 3.42. The number of primary amides is 1. The molecule has 0 fully saturated rings. The van der Waals surface area contributed by atoms with Crippen LogP contribution in [0.5, 0.6) is 11.5 Å². The molecule has 2 aromatic carbocycles. The number of hydrogen-bond donors (Lipinski definition) is 5. The van der Waals surface area contributed by atoms with Gasteiger partial charge in [0.05, 0.1) is 29.2 Å². The molecule has 4 rings (SSSR count). The zero-order chi connectivity index (χ0) is 29.5. The van der Waals surface area contributed by atoms with Crippen LogP contribution in [-0.4, -0.2) is 47.3 Å². The number of carboxylic acids is 1. The first-order valence-electron chi connectivity index (χ1n) is 11.8. The predicted octanol–water partition coefficient (Wildman–Crippen LogP) is 4.79. The lowest BCUT2D eigenvalue weighted by molar-refractivity contribution is -0.136.